The number of rotatable bonds is 5. The predicted octanol–water partition coefficient (Wildman–Crippen LogP) is 2.86. The molecule has 0 bridgehead atoms. The molecule has 0 amide bonds. The molecule has 9 heteroatoms. The van der Waals surface area contributed by atoms with Crippen LogP contribution in [0.5, 0.6) is 0 Å². The van der Waals surface area contributed by atoms with Gasteiger partial charge in [0.25, 0.3) is 5.56 Å². The van der Waals surface area contributed by atoms with Crippen LogP contribution in [-0.2, 0) is 6.54 Å². The number of tetrazole rings is 1. The zero-order valence-corrected chi connectivity index (χ0v) is 19.2. The number of fused-ring (bicyclic) bond motifs is 1. The van der Waals surface area contributed by atoms with Crippen LogP contribution in [0, 0.1) is 19.7 Å². The van der Waals surface area contributed by atoms with Gasteiger partial charge in [-0.15, -0.1) is 5.10 Å². The van der Waals surface area contributed by atoms with E-state index in [-0.39, 0.29) is 17.5 Å². The second-order valence-electron chi connectivity index (χ2n) is 9.02. The summed E-state index contributed by atoms with van der Waals surface area (Å²) in [5.41, 5.74) is 4.20. The van der Waals surface area contributed by atoms with Gasteiger partial charge in [0.15, 0.2) is 5.82 Å². The number of H-pyrrole nitrogens is 1. The molecule has 8 nitrogen and oxygen atoms in total. The SMILES string of the molecule is Cc1ccc2cc(C(c3nnnn3Cc3ccc(F)cc3)N3CCC(O)CC3)c(=O)[nH]c2c1C. The highest BCUT2D eigenvalue weighted by Gasteiger charge is 2.33. The lowest BCUT2D eigenvalue weighted by Gasteiger charge is -2.35. The third kappa shape index (κ3) is 4.24. The molecule has 5 rings (SSSR count). The van der Waals surface area contributed by atoms with Crippen LogP contribution in [0.2, 0.25) is 0 Å². The number of aromatic nitrogens is 5. The lowest BCUT2D eigenvalue weighted by molar-refractivity contribution is 0.0659. The van der Waals surface area contributed by atoms with E-state index in [4.69, 9.17) is 0 Å². The normalized spacial score (nSPS) is 16.2. The number of likely N-dealkylation sites (tertiary alicyclic amines) is 1. The number of nitrogens with zero attached hydrogens (tertiary/aromatic N) is 5. The fourth-order valence-electron chi connectivity index (χ4n) is 4.67. The highest BCUT2D eigenvalue weighted by Crippen LogP contribution is 2.30. The van der Waals surface area contributed by atoms with E-state index in [2.05, 4.69) is 25.4 Å². The van der Waals surface area contributed by atoms with E-state index in [1.54, 1.807) is 16.8 Å². The summed E-state index contributed by atoms with van der Waals surface area (Å²) in [7, 11) is 0. The minimum absolute atomic E-state index is 0.186. The van der Waals surface area contributed by atoms with Gasteiger partial charge < -0.3 is 10.1 Å². The first-order valence-corrected chi connectivity index (χ1v) is 11.5. The molecule has 0 saturated carbocycles. The number of aliphatic hydroxyl groups is 1. The smallest absolute Gasteiger partial charge is 0.253 e. The molecule has 1 unspecified atom stereocenters. The summed E-state index contributed by atoms with van der Waals surface area (Å²) >= 11 is 0. The fourth-order valence-corrected chi connectivity index (χ4v) is 4.67. The molecule has 34 heavy (non-hydrogen) atoms. The number of hydrogen-bond donors (Lipinski definition) is 2. The van der Waals surface area contributed by atoms with Gasteiger partial charge in [-0.1, -0.05) is 24.3 Å². The summed E-state index contributed by atoms with van der Waals surface area (Å²) in [6, 6.07) is 11.7. The first kappa shape index (κ1) is 22.4. The number of piperidine rings is 1. The maximum Gasteiger partial charge on any atom is 0.253 e. The first-order chi connectivity index (χ1) is 16.4. The predicted molar refractivity (Wildman–Crippen MR) is 126 cm³/mol. The number of benzene rings is 2. The molecular weight excluding hydrogens is 435 g/mol. The summed E-state index contributed by atoms with van der Waals surface area (Å²) in [5.74, 6) is 0.230. The highest BCUT2D eigenvalue weighted by molar-refractivity contribution is 5.83. The molecule has 4 aromatic rings. The molecule has 0 aliphatic carbocycles. The van der Waals surface area contributed by atoms with Crippen molar-refractivity contribution in [3.8, 4) is 0 Å². The Labute approximate surface area is 196 Å². The van der Waals surface area contributed by atoms with Crippen LogP contribution >= 0.6 is 0 Å². The Morgan fingerprint density at radius 1 is 1.15 bits per heavy atom. The lowest BCUT2D eigenvalue weighted by Crippen LogP contribution is -2.41. The maximum atomic E-state index is 13.4. The summed E-state index contributed by atoms with van der Waals surface area (Å²) < 4.78 is 15.0. The number of nitrogens with one attached hydrogen (secondary N) is 1. The first-order valence-electron chi connectivity index (χ1n) is 11.5. The minimum Gasteiger partial charge on any atom is -0.393 e. The van der Waals surface area contributed by atoms with Gasteiger partial charge in [-0.05, 0) is 77.4 Å². The van der Waals surface area contributed by atoms with Crippen molar-refractivity contribution in [2.24, 2.45) is 0 Å². The van der Waals surface area contributed by atoms with Crippen molar-refractivity contribution >= 4 is 10.9 Å². The fraction of sp³-hybridized carbons (Fsp3) is 0.360. The van der Waals surface area contributed by atoms with Crippen LogP contribution in [0.25, 0.3) is 10.9 Å². The van der Waals surface area contributed by atoms with Crippen molar-refractivity contribution in [2.45, 2.75) is 45.4 Å². The van der Waals surface area contributed by atoms with Gasteiger partial charge in [0, 0.05) is 18.7 Å². The van der Waals surface area contributed by atoms with Crippen LogP contribution in [-0.4, -0.2) is 54.4 Å². The largest absolute Gasteiger partial charge is 0.393 e. The Bertz CT molecular complexity index is 1370. The van der Waals surface area contributed by atoms with Crippen LogP contribution in [0.1, 0.15) is 47.0 Å². The molecule has 2 aromatic carbocycles. The second-order valence-corrected chi connectivity index (χ2v) is 9.02. The second kappa shape index (κ2) is 9.08. The summed E-state index contributed by atoms with van der Waals surface area (Å²) in [5, 5.41) is 23.4. The molecule has 1 fully saturated rings. The van der Waals surface area contributed by atoms with Crippen LogP contribution in [0.4, 0.5) is 4.39 Å². The van der Waals surface area contributed by atoms with E-state index >= 15 is 0 Å². The third-order valence-corrected chi connectivity index (χ3v) is 6.79. The number of pyridine rings is 1. The maximum absolute atomic E-state index is 13.4. The molecule has 2 aromatic heterocycles. The highest BCUT2D eigenvalue weighted by atomic mass is 19.1. The average Bonchev–Trinajstić information content (AvgIpc) is 3.28. The van der Waals surface area contributed by atoms with Gasteiger partial charge in [0.2, 0.25) is 0 Å². The van der Waals surface area contributed by atoms with Gasteiger partial charge >= 0.3 is 0 Å². The quantitative estimate of drug-likeness (QED) is 0.473. The Balaban J connectivity index is 1.61. The Morgan fingerprint density at radius 3 is 2.62 bits per heavy atom. The van der Waals surface area contributed by atoms with Gasteiger partial charge in [0.1, 0.15) is 11.9 Å². The number of halogens is 1. The van der Waals surface area contributed by atoms with E-state index in [0.717, 1.165) is 27.6 Å². The Kier molecular flexibility index (Phi) is 5.97. The minimum atomic E-state index is -0.488. The van der Waals surface area contributed by atoms with Gasteiger partial charge in [0.05, 0.1) is 18.2 Å². The van der Waals surface area contributed by atoms with Crippen LogP contribution < -0.4 is 5.56 Å². The lowest BCUT2D eigenvalue weighted by atomic mass is 9.98. The van der Waals surface area contributed by atoms with Crippen molar-refractivity contribution in [1.82, 2.24) is 30.1 Å². The molecule has 1 saturated heterocycles. The summed E-state index contributed by atoms with van der Waals surface area (Å²) in [6.07, 6.45) is 0.868. The Hall–Kier alpha value is -3.43. The number of hydrogen-bond acceptors (Lipinski definition) is 6. The van der Waals surface area contributed by atoms with Crippen molar-refractivity contribution < 1.29 is 9.50 Å². The van der Waals surface area contributed by atoms with E-state index < -0.39 is 6.04 Å². The standard InChI is InChI=1S/C25H27FN6O2/c1-15-3-6-18-13-21(25(34)27-22(18)16(15)2)23(31-11-9-20(33)10-12-31)24-28-29-30-32(24)14-17-4-7-19(26)8-5-17/h3-8,13,20,23,33H,9-12,14H2,1-2H3,(H,27,34). The third-order valence-electron chi connectivity index (χ3n) is 6.79. The molecule has 176 valence electrons. The van der Waals surface area contributed by atoms with Gasteiger partial charge in [-0.25, -0.2) is 9.07 Å². The number of aliphatic hydroxyl groups excluding tert-OH is 1. The van der Waals surface area contributed by atoms with Crippen molar-refractivity contribution in [1.29, 1.82) is 0 Å². The van der Waals surface area contributed by atoms with E-state index in [9.17, 15) is 14.3 Å². The van der Waals surface area contributed by atoms with E-state index in [0.29, 0.717) is 43.9 Å². The number of aryl methyl sites for hydroxylation is 2. The molecule has 1 aliphatic heterocycles. The molecule has 3 heterocycles. The van der Waals surface area contributed by atoms with E-state index in [1.165, 1.54) is 12.1 Å². The van der Waals surface area contributed by atoms with Crippen molar-refractivity contribution in [3.05, 3.63) is 86.7 Å². The van der Waals surface area contributed by atoms with Crippen LogP contribution in [0.3, 0.4) is 0 Å². The molecule has 1 aliphatic rings. The topological polar surface area (TPSA) is 99.9 Å². The molecule has 1 atom stereocenters. The molecule has 0 radical (unpaired) electrons. The van der Waals surface area contributed by atoms with Gasteiger partial charge in [-0.3, -0.25) is 9.69 Å². The van der Waals surface area contributed by atoms with Gasteiger partial charge in [-0.2, -0.15) is 0 Å². The monoisotopic (exact) mass is 462 g/mol. The zero-order valence-electron chi connectivity index (χ0n) is 19.2. The average molecular weight is 463 g/mol. The molecule has 2 N–H and O–H groups in total. The van der Waals surface area contributed by atoms with Crippen molar-refractivity contribution in [3.63, 3.8) is 0 Å². The molecular formula is C25H27FN6O2. The Morgan fingerprint density at radius 2 is 1.88 bits per heavy atom. The summed E-state index contributed by atoms with van der Waals surface area (Å²) in [6.45, 7) is 5.59. The van der Waals surface area contributed by atoms with Crippen LogP contribution in [0.15, 0.2) is 47.3 Å². The summed E-state index contributed by atoms with van der Waals surface area (Å²) in [4.78, 5) is 18.6. The molecule has 0 spiro atoms. The number of aromatic amines is 1. The van der Waals surface area contributed by atoms with Crippen molar-refractivity contribution in [2.75, 3.05) is 13.1 Å². The zero-order chi connectivity index (χ0) is 23.8. The van der Waals surface area contributed by atoms with E-state index in [1.807, 2.05) is 32.0 Å².